The average Bonchev–Trinajstić information content (AvgIpc) is 3.81. The molecule has 6 aromatic carbocycles. The molecule has 1 radical (unpaired) electrons. The summed E-state index contributed by atoms with van der Waals surface area (Å²) in [6.07, 6.45) is -1.32. The highest BCUT2D eigenvalue weighted by atomic mass is 32.1. The van der Waals surface area contributed by atoms with Gasteiger partial charge in [0.1, 0.15) is 17.2 Å². The number of nitrogens with zero attached hydrogens (tertiary/aromatic N) is 2. The van der Waals surface area contributed by atoms with Crippen LogP contribution in [-0.2, 0) is 8.85 Å². The molecule has 4 atom stereocenters. The van der Waals surface area contributed by atoms with E-state index < -0.39 is 47.4 Å². The maximum atomic E-state index is 15.1. The molecule has 8 nitrogen and oxygen atoms in total. The number of carbonyl (C=O) groups is 1. The monoisotopic (exact) mass is 972 g/mol. The summed E-state index contributed by atoms with van der Waals surface area (Å²) < 4.78 is 28.8. The molecule has 1 aromatic heterocycles. The lowest BCUT2D eigenvalue weighted by atomic mass is 9.73. The van der Waals surface area contributed by atoms with Crippen LogP contribution in [0.25, 0.3) is 0 Å². The van der Waals surface area contributed by atoms with Gasteiger partial charge < -0.3 is 23.6 Å². The van der Waals surface area contributed by atoms with Crippen LogP contribution < -0.4 is 40.4 Å². The van der Waals surface area contributed by atoms with Crippen molar-refractivity contribution in [1.29, 1.82) is 0 Å². The number of carbonyl (C=O) groups excluding carboxylic acids is 1. The minimum Gasteiger partial charge on any atom is -0.470 e. The number of benzene rings is 6. The van der Waals surface area contributed by atoms with E-state index in [2.05, 4.69) is 182 Å². The van der Waals surface area contributed by atoms with E-state index in [0.29, 0.717) is 10.8 Å². The fourth-order valence-corrected chi connectivity index (χ4v) is 17.3. The van der Waals surface area contributed by atoms with Gasteiger partial charge in [0.05, 0.1) is 24.7 Å². The molecule has 8 rings (SSSR count). The molecule has 0 aliphatic carbocycles. The highest BCUT2D eigenvalue weighted by Crippen LogP contribution is 2.49. The third-order valence-electron chi connectivity index (χ3n) is 12.9. The van der Waals surface area contributed by atoms with Gasteiger partial charge in [-0.05, 0) is 60.9 Å². The zero-order valence-electron chi connectivity index (χ0n) is 41.3. The number of hydrogen-bond acceptors (Lipinski definition) is 8. The Morgan fingerprint density at radius 1 is 0.638 bits per heavy atom. The van der Waals surface area contributed by atoms with Gasteiger partial charge in [-0.3, -0.25) is 9.69 Å². The minimum absolute atomic E-state index is 0.0444. The predicted molar refractivity (Wildman–Crippen MR) is 286 cm³/mol. The Morgan fingerprint density at radius 3 is 1.46 bits per heavy atom. The fourth-order valence-electron chi connectivity index (χ4n) is 9.52. The quantitative estimate of drug-likeness (QED) is 0.0911. The summed E-state index contributed by atoms with van der Waals surface area (Å²) in [5.74, 6) is 1.14. The van der Waals surface area contributed by atoms with Crippen LogP contribution in [0.5, 0.6) is 11.5 Å². The Bertz CT molecular complexity index is 2570. The van der Waals surface area contributed by atoms with Crippen LogP contribution in [0.4, 0.5) is 5.13 Å². The largest absolute Gasteiger partial charge is 0.470 e. The Kier molecular flexibility index (Phi) is 15.1. The number of para-hydroxylation sites is 2. The molecule has 0 bridgehead atoms. The zero-order chi connectivity index (χ0) is 48.8. The van der Waals surface area contributed by atoms with E-state index in [1.165, 1.54) is 11.3 Å². The number of ether oxygens (including phenoxy) is 2. The standard InChI is InChI=1S/C58H66N3O5SSi2/c1-56(2,3)50-53(64-42-28-16-10-17-29-42)61(54(50)65-43-30-18-11-19-31-43)55-60-49(41-67-55)52(62)59-48(40-63-69(58(7,8)9,46-36-24-14-25-37-46)47-38-26-15-27-39-47)51(57(4,5)6)66-68(44-32-20-12-21-33-44)45-34-22-13-23-35-45/h10-39,41,48,50-51,53-54H,40H2,1-9H3,(H,59,62). The van der Waals surface area contributed by atoms with Crippen LogP contribution >= 0.6 is 11.3 Å². The summed E-state index contributed by atoms with van der Waals surface area (Å²) in [4.78, 5) is 22.3. The molecular formula is C58H66N3O5SSi2. The fraction of sp³-hybridized carbons (Fsp3) is 0.310. The second kappa shape index (κ2) is 21.0. The second-order valence-corrected chi connectivity index (χ2v) is 28.2. The molecule has 1 aliphatic heterocycles. The van der Waals surface area contributed by atoms with E-state index in [1.807, 2.05) is 78.2 Å². The molecule has 1 aliphatic rings. The SMILES string of the molecule is CC(C)(C)C(O[Si](c1ccccc1)c1ccccc1)C(CO[Si](c1ccccc1)(c1ccccc1)C(C)(C)C)NC(=O)c1csc(N2C(Oc3ccccc3)C(C(C)(C)C)C2Oc2ccccc2)n1. The molecular weight excluding hydrogens is 907 g/mol. The Balaban J connectivity index is 1.19. The normalized spacial score (nSPS) is 17.4. The molecule has 1 fully saturated rings. The molecule has 7 aromatic rings. The second-order valence-electron chi connectivity index (χ2n) is 21.0. The van der Waals surface area contributed by atoms with Crippen molar-refractivity contribution >= 4 is 60.5 Å². The van der Waals surface area contributed by atoms with Crippen LogP contribution in [0, 0.1) is 16.7 Å². The van der Waals surface area contributed by atoms with Gasteiger partial charge >= 0.3 is 0 Å². The third kappa shape index (κ3) is 11.1. The van der Waals surface area contributed by atoms with Crippen molar-refractivity contribution in [3.63, 3.8) is 0 Å². The van der Waals surface area contributed by atoms with Crippen molar-refractivity contribution in [2.45, 2.75) is 92.0 Å². The van der Waals surface area contributed by atoms with Crippen molar-refractivity contribution in [2.75, 3.05) is 11.5 Å². The third-order valence-corrected chi connectivity index (χ3v) is 20.9. The highest BCUT2D eigenvalue weighted by Gasteiger charge is 2.58. The van der Waals surface area contributed by atoms with Crippen LogP contribution in [0.1, 0.15) is 72.8 Å². The summed E-state index contributed by atoms with van der Waals surface area (Å²) >= 11 is 1.41. The van der Waals surface area contributed by atoms with E-state index >= 15 is 4.79 Å². The number of amides is 1. The first-order valence-electron chi connectivity index (χ1n) is 23.9. The van der Waals surface area contributed by atoms with E-state index in [0.717, 1.165) is 32.2 Å². The minimum atomic E-state index is -3.07. The summed E-state index contributed by atoms with van der Waals surface area (Å²) in [6.45, 7) is 20.2. The van der Waals surface area contributed by atoms with Gasteiger partial charge in [0.15, 0.2) is 17.6 Å². The van der Waals surface area contributed by atoms with Crippen LogP contribution in [0.15, 0.2) is 187 Å². The van der Waals surface area contributed by atoms with Gasteiger partial charge in [-0.2, -0.15) is 0 Å². The van der Waals surface area contributed by atoms with Crippen molar-refractivity contribution in [3.05, 3.63) is 193 Å². The smallest absolute Gasteiger partial charge is 0.283 e. The van der Waals surface area contributed by atoms with Gasteiger partial charge in [-0.15, -0.1) is 11.3 Å². The first-order valence-corrected chi connectivity index (χ1v) is 28.1. The summed E-state index contributed by atoms with van der Waals surface area (Å²) in [7, 11) is -4.91. The number of nitrogens with one attached hydrogen (secondary N) is 1. The maximum Gasteiger partial charge on any atom is 0.283 e. The summed E-state index contributed by atoms with van der Waals surface area (Å²) in [5.41, 5.74) is -0.360. The molecule has 357 valence electrons. The van der Waals surface area contributed by atoms with Crippen LogP contribution in [0.3, 0.4) is 0 Å². The lowest BCUT2D eigenvalue weighted by molar-refractivity contribution is -0.107. The molecule has 1 N–H and O–H groups in total. The van der Waals surface area contributed by atoms with Gasteiger partial charge in [0.2, 0.25) is 0 Å². The van der Waals surface area contributed by atoms with Crippen LogP contribution in [0.2, 0.25) is 5.04 Å². The van der Waals surface area contributed by atoms with Crippen molar-refractivity contribution in [2.24, 2.45) is 16.7 Å². The molecule has 4 unspecified atom stereocenters. The maximum absolute atomic E-state index is 15.1. The number of thiazole rings is 1. The molecule has 11 heteroatoms. The molecule has 2 heterocycles. The number of rotatable bonds is 17. The number of aromatic nitrogens is 1. The van der Waals surface area contributed by atoms with Crippen LogP contribution in [-0.4, -0.2) is 59.5 Å². The number of hydrogen-bond donors (Lipinski definition) is 1. The zero-order valence-corrected chi connectivity index (χ0v) is 44.2. The van der Waals surface area contributed by atoms with E-state index in [9.17, 15) is 0 Å². The average molecular weight is 973 g/mol. The molecule has 1 saturated heterocycles. The van der Waals surface area contributed by atoms with E-state index in [1.54, 1.807) is 0 Å². The topological polar surface area (TPSA) is 82.2 Å². The Hall–Kier alpha value is -5.83. The lowest BCUT2D eigenvalue weighted by Gasteiger charge is -2.57. The summed E-state index contributed by atoms with van der Waals surface area (Å²) in [6, 6.07) is 61.3. The highest BCUT2D eigenvalue weighted by molar-refractivity contribution is 7.14. The van der Waals surface area contributed by atoms with E-state index in [-0.39, 0.29) is 28.9 Å². The molecule has 1 amide bonds. The molecule has 69 heavy (non-hydrogen) atoms. The van der Waals surface area contributed by atoms with Crippen molar-refractivity contribution in [1.82, 2.24) is 10.3 Å². The van der Waals surface area contributed by atoms with Gasteiger partial charge in [0.25, 0.3) is 23.3 Å². The summed E-state index contributed by atoms with van der Waals surface area (Å²) in [5, 5.41) is 10.2. The van der Waals surface area contributed by atoms with Crippen molar-refractivity contribution < 1.29 is 23.1 Å². The van der Waals surface area contributed by atoms with Gasteiger partial charge in [-0.1, -0.05) is 220 Å². The number of anilines is 1. The van der Waals surface area contributed by atoms with Gasteiger partial charge in [-0.25, -0.2) is 4.98 Å². The van der Waals surface area contributed by atoms with E-state index in [4.69, 9.17) is 23.3 Å². The Morgan fingerprint density at radius 2 is 1.06 bits per heavy atom. The van der Waals surface area contributed by atoms with Gasteiger partial charge in [0, 0.05) is 5.38 Å². The molecule has 0 spiro atoms. The lowest BCUT2D eigenvalue weighted by Crippen LogP contribution is -2.72. The predicted octanol–water partition coefficient (Wildman–Crippen LogP) is 10.3. The first-order chi connectivity index (χ1) is 33.0. The molecule has 0 saturated carbocycles. The first kappa shape index (κ1) is 49.6. The Labute approximate surface area is 416 Å². The van der Waals surface area contributed by atoms with Crippen molar-refractivity contribution in [3.8, 4) is 11.5 Å².